The number of amides is 2. The fourth-order valence-electron chi connectivity index (χ4n) is 2.14. The van der Waals surface area contributed by atoms with E-state index in [1.54, 1.807) is 4.90 Å². The normalized spacial score (nSPS) is 29.6. The van der Waals surface area contributed by atoms with Crippen molar-refractivity contribution in [1.82, 2.24) is 4.90 Å². The molecule has 2 saturated heterocycles. The monoisotopic (exact) mass is 242 g/mol. The van der Waals surface area contributed by atoms with Gasteiger partial charge in [0, 0.05) is 13.0 Å². The molecule has 0 aromatic heterocycles. The number of ether oxygens (including phenoxy) is 2. The van der Waals surface area contributed by atoms with E-state index >= 15 is 0 Å². The van der Waals surface area contributed by atoms with Crippen LogP contribution in [0.25, 0.3) is 0 Å². The molecule has 2 amide bonds. The van der Waals surface area contributed by atoms with E-state index in [1.807, 2.05) is 13.8 Å². The average Bonchev–Trinajstić information content (AvgIpc) is 2.61. The van der Waals surface area contributed by atoms with Gasteiger partial charge >= 0.3 is 0 Å². The van der Waals surface area contributed by atoms with Crippen LogP contribution in [0, 0.1) is 5.92 Å². The zero-order chi connectivity index (χ0) is 12.6. The molecule has 17 heavy (non-hydrogen) atoms. The summed E-state index contributed by atoms with van der Waals surface area (Å²) in [4.78, 5) is 24.5. The highest BCUT2D eigenvalue weighted by Gasteiger charge is 2.40. The van der Waals surface area contributed by atoms with E-state index in [2.05, 4.69) is 0 Å². The fraction of sp³-hybridized carbons (Fsp3) is 0.818. The van der Waals surface area contributed by atoms with Gasteiger partial charge in [-0.25, -0.2) is 0 Å². The van der Waals surface area contributed by atoms with Crippen LogP contribution in [0.15, 0.2) is 0 Å². The van der Waals surface area contributed by atoms with E-state index in [0.29, 0.717) is 19.8 Å². The minimum Gasteiger partial charge on any atom is -0.369 e. The first kappa shape index (κ1) is 12.3. The van der Waals surface area contributed by atoms with E-state index < -0.39 is 11.7 Å². The van der Waals surface area contributed by atoms with Crippen LogP contribution in [0.3, 0.4) is 0 Å². The summed E-state index contributed by atoms with van der Waals surface area (Å²) >= 11 is 0. The molecule has 6 heteroatoms. The SMILES string of the molecule is CC1(C)OCC(N2CC(C(N)=O)CC2=O)CO1. The van der Waals surface area contributed by atoms with Crippen molar-refractivity contribution in [2.75, 3.05) is 19.8 Å². The van der Waals surface area contributed by atoms with Crippen LogP contribution in [-0.4, -0.2) is 48.3 Å². The summed E-state index contributed by atoms with van der Waals surface area (Å²) in [6.45, 7) is 4.92. The van der Waals surface area contributed by atoms with Crippen molar-refractivity contribution >= 4 is 11.8 Å². The van der Waals surface area contributed by atoms with Gasteiger partial charge in [-0.1, -0.05) is 0 Å². The summed E-state index contributed by atoms with van der Waals surface area (Å²) in [5.74, 6) is -1.44. The molecular formula is C11H18N2O4. The highest BCUT2D eigenvalue weighted by Crippen LogP contribution is 2.25. The molecule has 2 N–H and O–H groups in total. The fourth-order valence-corrected chi connectivity index (χ4v) is 2.14. The van der Waals surface area contributed by atoms with Crippen LogP contribution in [0.1, 0.15) is 20.3 Å². The van der Waals surface area contributed by atoms with Gasteiger partial charge in [-0.3, -0.25) is 9.59 Å². The summed E-state index contributed by atoms with van der Waals surface area (Å²) in [5.41, 5.74) is 5.21. The van der Waals surface area contributed by atoms with Crippen molar-refractivity contribution in [3.05, 3.63) is 0 Å². The first-order valence-electron chi connectivity index (χ1n) is 5.76. The molecule has 0 aromatic rings. The second kappa shape index (κ2) is 4.27. The molecule has 2 rings (SSSR count). The molecule has 0 spiro atoms. The topological polar surface area (TPSA) is 81.9 Å². The Hall–Kier alpha value is -1.14. The Labute approximate surface area is 100 Å². The predicted octanol–water partition coefficient (Wildman–Crippen LogP) is -0.528. The molecule has 2 aliphatic heterocycles. The summed E-state index contributed by atoms with van der Waals surface area (Å²) in [6.07, 6.45) is 0.204. The Morgan fingerprint density at radius 1 is 1.41 bits per heavy atom. The molecular weight excluding hydrogens is 224 g/mol. The van der Waals surface area contributed by atoms with Crippen LogP contribution in [0.4, 0.5) is 0 Å². The Balaban J connectivity index is 1.96. The summed E-state index contributed by atoms with van der Waals surface area (Å²) in [5, 5.41) is 0. The van der Waals surface area contributed by atoms with Crippen LogP contribution in [0.5, 0.6) is 0 Å². The van der Waals surface area contributed by atoms with Gasteiger partial charge in [0.1, 0.15) is 0 Å². The summed E-state index contributed by atoms with van der Waals surface area (Å²) in [7, 11) is 0. The molecule has 0 saturated carbocycles. The standard InChI is InChI=1S/C11H18N2O4/c1-11(2)16-5-8(6-17-11)13-4-7(10(12)15)3-9(13)14/h7-8H,3-6H2,1-2H3,(H2,12,15). The van der Waals surface area contributed by atoms with Crippen molar-refractivity contribution in [2.24, 2.45) is 11.7 Å². The lowest BCUT2D eigenvalue weighted by atomic mass is 10.1. The van der Waals surface area contributed by atoms with Crippen LogP contribution in [-0.2, 0) is 19.1 Å². The number of hydrogen-bond donors (Lipinski definition) is 1. The minimum absolute atomic E-state index is 0.0503. The van der Waals surface area contributed by atoms with Crippen LogP contribution >= 0.6 is 0 Å². The molecule has 2 heterocycles. The Morgan fingerprint density at radius 3 is 2.47 bits per heavy atom. The number of rotatable bonds is 2. The maximum Gasteiger partial charge on any atom is 0.223 e. The first-order valence-corrected chi connectivity index (χ1v) is 5.76. The third-order valence-corrected chi connectivity index (χ3v) is 3.25. The van der Waals surface area contributed by atoms with E-state index in [0.717, 1.165) is 0 Å². The molecule has 96 valence electrons. The number of nitrogens with two attached hydrogens (primary N) is 1. The molecule has 6 nitrogen and oxygen atoms in total. The first-order chi connectivity index (χ1) is 7.89. The maximum atomic E-state index is 11.8. The van der Waals surface area contributed by atoms with Crippen molar-refractivity contribution < 1.29 is 19.1 Å². The van der Waals surface area contributed by atoms with Crippen LogP contribution < -0.4 is 5.73 Å². The van der Waals surface area contributed by atoms with Crippen molar-refractivity contribution in [1.29, 1.82) is 0 Å². The zero-order valence-electron chi connectivity index (χ0n) is 10.1. The smallest absolute Gasteiger partial charge is 0.223 e. The van der Waals surface area contributed by atoms with Gasteiger partial charge in [-0.05, 0) is 13.8 Å². The average molecular weight is 242 g/mol. The van der Waals surface area contributed by atoms with Crippen molar-refractivity contribution in [3.63, 3.8) is 0 Å². The van der Waals surface area contributed by atoms with Gasteiger partial charge in [0.05, 0.1) is 25.2 Å². The summed E-state index contributed by atoms with van der Waals surface area (Å²) < 4.78 is 11.0. The number of likely N-dealkylation sites (tertiary alicyclic amines) is 1. The summed E-state index contributed by atoms with van der Waals surface area (Å²) in [6, 6.07) is -0.111. The van der Waals surface area contributed by atoms with Gasteiger partial charge < -0.3 is 20.1 Å². The van der Waals surface area contributed by atoms with E-state index in [9.17, 15) is 9.59 Å². The van der Waals surface area contributed by atoms with Crippen molar-refractivity contribution in [2.45, 2.75) is 32.1 Å². The molecule has 0 aromatic carbocycles. The Morgan fingerprint density at radius 2 is 2.00 bits per heavy atom. The van der Waals surface area contributed by atoms with Gasteiger partial charge in [-0.15, -0.1) is 0 Å². The lowest BCUT2D eigenvalue weighted by molar-refractivity contribution is -0.262. The highest BCUT2D eigenvalue weighted by molar-refractivity contribution is 5.88. The molecule has 1 atom stereocenters. The third kappa shape index (κ3) is 2.58. The minimum atomic E-state index is -0.595. The lowest BCUT2D eigenvalue weighted by Crippen LogP contribution is -2.51. The molecule has 2 fully saturated rings. The van der Waals surface area contributed by atoms with Crippen LogP contribution in [0.2, 0.25) is 0 Å². The number of carbonyl (C=O) groups excluding carboxylic acids is 2. The third-order valence-electron chi connectivity index (χ3n) is 3.25. The van der Waals surface area contributed by atoms with E-state index in [-0.39, 0.29) is 24.3 Å². The van der Waals surface area contributed by atoms with E-state index in [1.165, 1.54) is 0 Å². The van der Waals surface area contributed by atoms with Gasteiger partial charge in [0.25, 0.3) is 0 Å². The Kier molecular flexibility index (Phi) is 3.09. The molecule has 1 unspecified atom stereocenters. The molecule has 2 aliphatic rings. The van der Waals surface area contributed by atoms with E-state index in [4.69, 9.17) is 15.2 Å². The number of nitrogens with zero attached hydrogens (tertiary/aromatic N) is 1. The zero-order valence-corrected chi connectivity index (χ0v) is 10.1. The quantitative estimate of drug-likeness (QED) is 0.706. The predicted molar refractivity (Wildman–Crippen MR) is 58.8 cm³/mol. The Bertz CT molecular complexity index is 332. The van der Waals surface area contributed by atoms with Gasteiger partial charge in [0.15, 0.2) is 5.79 Å². The second-order valence-corrected chi connectivity index (χ2v) is 5.03. The largest absolute Gasteiger partial charge is 0.369 e. The van der Waals surface area contributed by atoms with Gasteiger partial charge in [-0.2, -0.15) is 0 Å². The lowest BCUT2D eigenvalue weighted by Gasteiger charge is -2.38. The van der Waals surface area contributed by atoms with Gasteiger partial charge in [0.2, 0.25) is 11.8 Å². The molecule has 0 radical (unpaired) electrons. The second-order valence-electron chi connectivity index (χ2n) is 5.03. The molecule has 0 aliphatic carbocycles. The number of primary amides is 1. The number of hydrogen-bond acceptors (Lipinski definition) is 4. The molecule has 0 bridgehead atoms. The van der Waals surface area contributed by atoms with Crippen molar-refractivity contribution in [3.8, 4) is 0 Å². The maximum absolute atomic E-state index is 11.8. The highest BCUT2D eigenvalue weighted by atomic mass is 16.7. The number of carbonyl (C=O) groups is 2.